The van der Waals surface area contributed by atoms with Crippen LogP contribution in [0.4, 0.5) is 5.69 Å². The molecule has 0 saturated carbocycles. The van der Waals surface area contributed by atoms with Crippen LogP contribution in [0.2, 0.25) is 0 Å². The molecule has 0 saturated heterocycles. The molecule has 0 bridgehead atoms. The maximum atomic E-state index is 13.1. The zero-order valence-electron chi connectivity index (χ0n) is 40.3. The molecule has 5 aliphatic rings. The molecule has 72 heavy (non-hydrogen) atoms. The number of carbonyl (C=O) groups excluding carboxylic acids is 2. The number of aromatic hydroxyl groups is 1. The molecule has 10 heteroatoms. The number of methoxy groups -OCH3 is 2. The zero-order valence-corrected chi connectivity index (χ0v) is 40.3. The second-order valence-corrected chi connectivity index (χ2v) is 19.7. The maximum absolute atomic E-state index is 13.1. The highest BCUT2D eigenvalue weighted by Crippen LogP contribution is 2.47. The first-order valence-corrected chi connectivity index (χ1v) is 25.2. The molecule has 9 aromatic rings. The van der Waals surface area contributed by atoms with E-state index in [2.05, 4.69) is 16.7 Å². The molecule has 0 spiro atoms. The molecule has 2 N–H and O–H groups in total. The van der Waals surface area contributed by atoms with E-state index in [1.54, 1.807) is 24.3 Å². The van der Waals surface area contributed by atoms with Crippen LogP contribution >= 0.6 is 0 Å². The third-order valence-corrected chi connectivity index (χ3v) is 15.7. The Hall–Kier alpha value is -8.08. The molecule has 1 unspecified atom stereocenters. The summed E-state index contributed by atoms with van der Waals surface area (Å²) in [5.41, 5.74) is 13.3. The molecule has 1 aromatic heterocycles. The third kappa shape index (κ3) is 6.79. The highest BCUT2D eigenvalue weighted by atomic mass is 16.5. The van der Waals surface area contributed by atoms with Crippen LogP contribution in [0.15, 0.2) is 131 Å². The van der Waals surface area contributed by atoms with E-state index in [9.17, 15) is 19.5 Å². The molecule has 0 aliphatic carbocycles. The normalized spacial score (nSPS) is 16.2. The second-order valence-electron chi connectivity index (χ2n) is 19.7. The Morgan fingerprint density at radius 3 is 2.07 bits per heavy atom. The van der Waals surface area contributed by atoms with Crippen molar-refractivity contribution >= 4 is 66.7 Å². The van der Waals surface area contributed by atoms with Gasteiger partial charge in [-0.1, -0.05) is 72.8 Å². The van der Waals surface area contributed by atoms with E-state index in [0.717, 1.165) is 143 Å². The van der Waals surface area contributed by atoms with Crippen molar-refractivity contribution in [2.24, 2.45) is 0 Å². The van der Waals surface area contributed by atoms with E-state index in [1.165, 1.54) is 52.4 Å². The number of rotatable bonds is 4. The van der Waals surface area contributed by atoms with Gasteiger partial charge in [0.05, 0.1) is 60.3 Å². The van der Waals surface area contributed by atoms with Gasteiger partial charge in [0.1, 0.15) is 47.2 Å². The monoisotopic (exact) mass is 952 g/mol. The molecule has 8 aromatic carbocycles. The number of ether oxygens (including phenoxy) is 3. The minimum atomic E-state index is -0.382. The SMILES string of the molecule is COC(=O)c1ccccc1-c1c2cc3c4c(c2oc2c1ccc1cccc(=O)c12)CCC[NH+]4CCC3.COC(=O)c1ccccc1C1=c2cc3c4c(c2Oc2c1ccc1cccc(O)c21)CCC[N+]=4CCC3. The molecular weight excluding hydrogens is 901 g/mol. The lowest BCUT2D eigenvalue weighted by molar-refractivity contribution is -0.838. The number of aryl methyl sites for hydroxylation is 3. The summed E-state index contributed by atoms with van der Waals surface area (Å²) in [6.07, 6.45) is 8.44. The molecule has 0 amide bonds. The quantitative estimate of drug-likeness (QED) is 0.0777. The molecule has 10 nitrogen and oxygen atoms in total. The van der Waals surface area contributed by atoms with Gasteiger partial charge >= 0.3 is 11.9 Å². The van der Waals surface area contributed by atoms with Crippen LogP contribution in [-0.4, -0.2) is 57.4 Å². The van der Waals surface area contributed by atoms with Crippen molar-refractivity contribution in [3.8, 4) is 28.4 Å². The van der Waals surface area contributed by atoms with Crippen molar-refractivity contribution in [2.75, 3.05) is 40.4 Å². The summed E-state index contributed by atoms with van der Waals surface area (Å²) >= 11 is 0. The van der Waals surface area contributed by atoms with E-state index in [-0.39, 0.29) is 23.1 Å². The van der Waals surface area contributed by atoms with Gasteiger partial charge in [-0.05, 0) is 96.1 Å². The van der Waals surface area contributed by atoms with Gasteiger partial charge in [0.25, 0.3) is 0 Å². The number of benzene rings is 8. The summed E-state index contributed by atoms with van der Waals surface area (Å²) in [6, 6.07) is 38.6. The number of phenols is 1. The number of carbonyl (C=O) groups is 2. The van der Waals surface area contributed by atoms with Gasteiger partial charge in [-0.25, -0.2) is 14.2 Å². The molecule has 14 rings (SSSR count). The Labute approximate surface area is 414 Å². The Kier molecular flexibility index (Phi) is 10.6. The Balaban J connectivity index is 0.000000140. The van der Waals surface area contributed by atoms with Gasteiger partial charge in [-0.15, -0.1) is 0 Å². The summed E-state index contributed by atoms with van der Waals surface area (Å²) < 4.78 is 26.4. The summed E-state index contributed by atoms with van der Waals surface area (Å²) in [6.45, 7) is 4.43. The minimum absolute atomic E-state index is 0.0627. The Morgan fingerprint density at radius 2 is 1.28 bits per heavy atom. The largest absolute Gasteiger partial charge is 0.507 e. The fourth-order valence-corrected chi connectivity index (χ4v) is 12.7. The smallest absolute Gasteiger partial charge is 0.338 e. The lowest BCUT2D eigenvalue weighted by atomic mass is 9.85. The van der Waals surface area contributed by atoms with Crippen molar-refractivity contribution in [1.82, 2.24) is 4.58 Å². The van der Waals surface area contributed by atoms with E-state index < -0.39 is 0 Å². The number of fused-ring (bicyclic) bond motifs is 10. The average Bonchev–Trinajstić information content (AvgIpc) is 3.42. The number of nitrogens with one attached hydrogen (secondary N) is 1. The lowest BCUT2D eigenvalue weighted by Gasteiger charge is -2.32. The van der Waals surface area contributed by atoms with Gasteiger partial charge in [0, 0.05) is 69.5 Å². The second kappa shape index (κ2) is 17.3. The number of nitrogens with zero attached hydrogens (tertiary/aromatic N) is 1. The highest BCUT2D eigenvalue weighted by molar-refractivity contribution is 6.18. The summed E-state index contributed by atoms with van der Waals surface area (Å²) in [5, 5.41) is 18.1. The summed E-state index contributed by atoms with van der Waals surface area (Å²) in [7, 11) is 2.82. The molecule has 5 aliphatic heterocycles. The Morgan fingerprint density at radius 1 is 0.611 bits per heavy atom. The van der Waals surface area contributed by atoms with Crippen molar-refractivity contribution < 1.29 is 38.2 Å². The maximum Gasteiger partial charge on any atom is 0.338 e. The minimum Gasteiger partial charge on any atom is -0.507 e. The van der Waals surface area contributed by atoms with Crippen LogP contribution in [0.3, 0.4) is 0 Å². The highest BCUT2D eigenvalue weighted by Gasteiger charge is 2.35. The fraction of sp³-hybridized carbons (Fsp3) is 0.226. The van der Waals surface area contributed by atoms with Gasteiger partial charge in [0.2, 0.25) is 5.36 Å². The van der Waals surface area contributed by atoms with Crippen molar-refractivity contribution in [3.63, 3.8) is 0 Å². The average molecular weight is 953 g/mol. The Bertz CT molecular complexity index is 4030. The molecule has 0 fully saturated rings. The molecule has 6 heterocycles. The first-order valence-electron chi connectivity index (χ1n) is 25.2. The fourth-order valence-electron chi connectivity index (χ4n) is 12.7. The topological polar surface area (TPSA) is 120 Å². The van der Waals surface area contributed by atoms with E-state index in [4.69, 9.17) is 18.6 Å². The predicted molar refractivity (Wildman–Crippen MR) is 280 cm³/mol. The number of esters is 2. The van der Waals surface area contributed by atoms with Gasteiger partial charge in [-0.2, -0.15) is 0 Å². The first-order chi connectivity index (χ1) is 35.3. The van der Waals surface area contributed by atoms with Crippen molar-refractivity contribution in [2.45, 2.75) is 51.4 Å². The van der Waals surface area contributed by atoms with Gasteiger partial charge in [0.15, 0.2) is 5.43 Å². The summed E-state index contributed by atoms with van der Waals surface area (Å²) in [5.74, 6) is 0.909. The molecule has 356 valence electrons. The van der Waals surface area contributed by atoms with Crippen molar-refractivity contribution in [1.29, 1.82) is 0 Å². The predicted octanol–water partition coefficient (Wildman–Crippen LogP) is 9.03. The number of phenolic OH excluding ortho intramolecular Hbond substituents is 1. The summed E-state index contributed by atoms with van der Waals surface area (Å²) in [4.78, 5) is 40.4. The molecule has 1 atom stereocenters. The van der Waals surface area contributed by atoms with Crippen LogP contribution in [0.25, 0.3) is 60.2 Å². The van der Waals surface area contributed by atoms with Crippen LogP contribution in [0, 0.1) is 0 Å². The third-order valence-electron chi connectivity index (χ3n) is 15.7. The van der Waals surface area contributed by atoms with Crippen LogP contribution in [-0.2, 0) is 35.2 Å². The molecular formula is C62H52N2O8+2. The zero-order chi connectivity index (χ0) is 48.8. The standard InChI is InChI=1S/2C31H25NO4/c2*1-35-31(34)21-10-3-2-9-20(21)27-22-14-13-18-7-4-12-25(33)26(18)30(22)36-29-23-11-6-16-32-15-5-8-19(28(23)32)17-24(27)29/h2*2-4,7,9-10,12-14,17H,5-6,8,11,15-16H2,1H3/p+2. The van der Waals surface area contributed by atoms with Crippen LogP contribution in [0.1, 0.15) is 79.8 Å². The van der Waals surface area contributed by atoms with Gasteiger partial charge in [-0.3, -0.25) is 4.79 Å². The van der Waals surface area contributed by atoms with Crippen LogP contribution in [0.5, 0.6) is 17.2 Å². The van der Waals surface area contributed by atoms with E-state index in [0.29, 0.717) is 33.2 Å². The van der Waals surface area contributed by atoms with E-state index in [1.807, 2.05) is 84.9 Å². The number of hydrogen-bond donors (Lipinski definition) is 2. The van der Waals surface area contributed by atoms with Crippen molar-refractivity contribution in [3.05, 3.63) is 187 Å². The van der Waals surface area contributed by atoms with Crippen LogP contribution < -0.4 is 30.2 Å². The number of hydrogen-bond acceptors (Lipinski definition) is 8. The number of quaternary nitrogens is 1. The first kappa shape index (κ1) is 43.9. The molecule has 0 radical (unpaired) electrons. The van der Waals surface area contributed by atoms with E-state index >= 15 is 0 Å². The lowest BCUT2D eigenvalue weighted by Crippen LogP contribution is -3.09. The van der Waals surface area contributed by atoms with Gasteiger partial charge < -0.3 is 28.6 Å².